The molecule has 1 aromatic heterocycles. The lowest BCUT2D eigenvalue weighted by Gasteiger charge is -2.13. The molecule has 106 valence electrons. The Bertz CT molecular complexity index is 412. The summed E-state index contributed by atoms with van der Waals surface area (Å²) in [5.41, 5.74) is 0. The predicted molar refractivity (Wildman–Crippen MR) is 71.7 cm³/mol. The summed E-state index contributed by atoms with van der Waals surface area (Å²) in [6.07, 6.45) is 4.50. The first kappa shape index (κ1) is 14.2. The number of nitrogens with one attached hydrogen (secondary N) is 2. The van der Waals surface area contributed by atoms with Crippen molar-refractivity contribution in [3.63, 3.8) is 0 Å². The highest BCUT2D eigenvalue weighted by Crippen LogP contribution is 2.25. The van der Waals surface area contributed by atoms with Gasteiger partial charge >= 0.3 is 0 Å². The van der Waals surface area contributed by atoms with Crippen molar-refractivity contribution in [2.24, 2.45) is 0 Å². The van der Waals surface area contributed by atoms with Crippen LogP contribution in [0.3, 0.4) is 0 Å². The minimum absolute atomic E-state index is 0.0430. The molecule has 0 saturated heterocycles. The highest BCUT2D eigenvalue weighted by molar-refractivity contribution is 7.99. The summed E-state index contributed by atoms with van der Waals surface area (Å²) in [5, 5.41) is 6.16. The summed E-state index contributed by atoms with van der Waals surface area (Å²) in [6, 6.07) is 0.335. The fourth-order valence-corrected chi connectivity index (χ4v) is 2.48. The van der Waals surface area contributed by atoms with Crippen LogP contribution in [0.1, 0.15) is 32.6 Å². The quantitative estimate of drug-likeness (QED) is 0.785. The summed E-state index contributed by atoms with van der Waals surface area (Å²) < 4.78 is 24.8. The van der Waals surface area contributed by atoms with Gasteiger partial charge in [-0.3, -0.25) is 0 Å². The highest BCUT2D eigenvalue weighted by atomic mass is 32.2. The SMILES string of the molecule is CCNc1nc(NC2CCCC2)nc(SC(F)F)n1. The molecule has 0 aromatic carbocycles. The van der Waals surface area contributed by atoms with E-state index in [0.29, 0.717) is 36.2 Å². The second kappa shape index (κ2) is 6.83. The van der Waals surface area contributed by atoms with Gasteiger partial charge < -0.3 is 10.6 Å². The molecule has 8 heteroatoms. The average molecular weight is 289 g/mol. The van der Waals surface area contributed by atoms with Gasteiger partial charge in [0.2, 0.25) is 11.9 Å². The predicted octanol–water partition coefficient (Wildman–Crippen LogP) is 2.97. The summed E-state index contributed by atoms with van der Waals surface area (Å²) >= 11 is 0.335. The van der Waals surface area contributed by atoms with Crippen molar-refractivity contribution in [2.75, 3.05) is 17.2 Å². The number of thioether (sulfide) groups is 1. The first-order chi connectivity index (χ1) is 9.17. The molecule has 0 unspecified atom stereocenters. The molecule has 0 radical (unpaired) electrons. The maximum Gasteiger partial charge on any atom is 0.291 e. The van der Waals surface area contributed by atoms with Crippen molar-refractivity contribution in [3.8, 4) is 0 Å². The van der Waals surface area contributed by atoms with E-state index in [0.717, 1.165) is 12.8 Å². The van der Waals surface area contributed by atoms with Crippen LogP contribution in [-0.2, 0) is 0 Å². The average Bonchev–Trinajstić information content (AvgIpc) is 2.81. The van der Waals surface area contributed by atoms with Crippen molar-refractivity contribution in [3.05, 3.63) is 0 Å². The molecule has 0 aliphatic heterocycles. The summed E-state index contributed by atoms with van der Waals surface area (Å²) in [4.78, 5) is 12.2. The zero-order chi connectivity index (χ0) is 13.7. The first-order valence-electron chi connectivity index (χ1n) is 6.38. The van der Waals surface area contributed by atoms with Gasteiger partial charge in [-0.1, -0.05) is 12.8 Å². The van der Waals surface area contributed by atoms with Gasteiger partial charge in [-0.2, -0.15) is 23.7 Å². The van der Waals surface area contributed by atoms with Gasteiger partial charge in [-0.25, -0.2) is 0 Å². The van der Waals surface area contributed by atoms with Gasteiger partial charge in [0.05, 0.1) is 0 Å². The number of aromatic nitrogens is 3. The monoisotopic (exact) mass is 289 g/mol. The fourth-order valence-electron chi connectivity index (χ4n) is 2.04. The molecule has 1 fully saturated rings. The molecule has 0 atom stereocenters. The zero-order valence-corrected chi connectivity index (χ0v) is 11.5. The molecular formula is C11H17F2N5S. The smallest absolute Gasteiger partial charge is 0.291 e. The van der Waals surface area contributed by atoms with Crippen LogP contribution in [0.25, 0.3) is 0 Å². The maximum atomic E-state index is 12.4. The van der Waals surface area contributed by atoms with Crippen LogP contribution in [0.2, 0.25) is 0 Å². The number of alkyl halides is 2. The van der Waals surface area contributed by atoms with Gasteiger partial charge in [0.1, 0.15) is 0 Å². The van der Waals surface area contributed by atoms with E-state index in [-0.39, 0.29) is 5.16 Å². The number of anilines is 2. The van der Waals surface area contributed by atoms with Gasteiger partial charge in [-0.05, 0) is 31.5 Å². The second-order valence-electron chi connectivity index (χ2n) is 4.30. The molecule has 19 heavy (non-hydrogen) atoms. The Labute approximate surface area is 115 Å². The van der Waals surface area contributed by atoms with Crippen LogP contribution in [0.15, 0.2) is 5.16 Å². The highest BCUT2D eigenvalue weighted by Gasteiger charge is 2.18. The van der Waals surface area contributed by atoms with Gasteiger partial charge in [0.25, 0.3) is 5.76 Å². The Morgan fingerprint density at radius 1 is 1.21 bits per heavy atom. The van der Waals surface area contributed by atoms with Crippen molar-refractivity contribution in [1.82, 2.24) is 15.0 Å². The van der Waals surface area contributed by atoms with E-state index in [1.54, 1.807) is 0 Å². The zero-order valence-electron chi connectivity index (χ0n) is 10.7. The van der Waals surface area contributed by atoms with Gasteiger partial charge in [-0.15, -0.1) is 0 Å². The van der Waals surface area contributed by atoms with Crippen LogP contribution in [0.5, 0.6) is 0 Å². The van der Waals surface area contributed by atoms with Crippen molar-refractivity contribution in [2.45, 2.75) is 49.6 Å². The lowest BCUT2D eigenvalue weighted by atomic mass is 10.3. The molecule has 1 aliphatic rings. The normalized spacial score (nSPS) is 16.0. The van der Waals surface area contributed by atoms with Crippen LogP contribution in [-0.4, -0.2) is 33.3 Å². The molecule has 1 heterocycles. The van der Waals surface area contributed by atoms with Crippen LogP contribution in [0, 0.1) is 0 Å². The molecule has 1 saturated carbocycles. The van der Waals surface area contributed by atoms with Crippen LogP contribution >= 0.6 is 11.8 Å². The molecule has 5 nitrogen and oxygen atoms in total. The molecular weight excluding hydrogens is 272 g/mol. The Balaban J connectivity index is 2.12. The van der Waals surface area contributed by atoms with Gasteiger partial charge in [0, 0.05) is 12.6 Å². The van der Waals surface area contributed by atoms with Gasteiger partial charge in [0.15, 0.2) is 5.16 Å². The Hall–Kier alpha value is -1.18. The molecule has 0 spiro atoms. The maximum absolute atomic E-state index is 12.4. The number of halogens is 2. The fraction of sp³-hybridized carbons (Fsp3) is 0.727. The van der Waals surface area contributed by atoms with E-state index in [2.05, 4.69) is 25.6 Å². The Morgan fingerprint density at radius 2 is 1.89 bits per heavy atom. The minimum atomic E-state index is -2.53. The molecule has 1 aromatic rings. The Morgan fingerprint density at radius 3 is 2.53 bits per heavy atom. The molecule has 2 rings (SSSR count). The minimum Gasteiger partial charge on any atom is -0.354 e. The topological polar surface area (TPSA) is 62.7 Å². The number of rotatable bonds is 6. The lowest BCUT2D eigenvalue weighted by molar-refractivity contribution is 0.251. The van der Waals surface area contributed by atoms with Crippen LogP contribution in [0.4, 0.5) is 20.7 Å². The van der Waals surface area contributed by atoms with Crippen molar-refractivity contribution in [1.29, 1.82) is 0 Å². The number of hydrogen-bond donors (Lipinski definition) is 2. The van der Waals surface area contributed by atoms with E-state index >= 15 is 0 Å². The lowest BCUT2D eigenvalue weighted by Crippen LogP contribution is -2.18. The van der Waals surface area contributed by atoms with Crippen molar-refractivity contribution >= 4 is 23.7 Å². The van der Waals surface area contributed by atoms with E-state index in [4.69, 9.17) is 0 Å². The van der Waals surface area contributed by atoms with E-state index in [9.17, 15) is 8.78 Å². The summed E-state index contributed by atoms with van der Waals surface area (Å²) in [5.74, 6) is -1.82. The van der Waals surface area contributed by atoms with Crippen molar-refractivity contribution < 1.29 is 8.78 Å². The number of nitrogens with zero attached hydrogens (tertiary/aromatic N) is 3. The number of hydrogen-bond acceptors (Lipinski definition) is 6. The molecule has 0 amide bonds. The summed E-state index contributed by atoms with van der Waals surface area (Å²) in [7, 11) is 0. The van der Waals surface area contributed by atoms with E-state index in [1.165, 1.54) is 12.8 Å². The second-order valence-corrected chi connectivity index (χ2v) is 5.26. The molecule has 0 bridgehead atoms. The molecule has 2 N–H and O–H groups in total. The third-order valence-corrected chi connectivity index (χ3v) is 3.40. The molecule has 1 aliphatic carbocycles. The first-order valence-corrected chi connectivity index (χ1v) is 7.26. The van der Waals surface area contributed by atoms with E-state index < -0.39 is 5.76 Å². The third-order valence-electron chi connectivity index (χ3n) is 2.83. The third kappa shape index (κ3) is 4.45. The van der Waals surface area contributed by atoms with Crippen LogP contribution < -0.4 is 10.6 Å². The summed E-state index contributed by atoms with van der Waals surface area (Å²) in [6.45, 7) is 2.53. The standard InChI is InChI=1S/C11H17F2N5S/c1-2-14-9-16-10(15-7-5-3-4-6-7)18-11(17-9)19-8(12)13/h7-8H,2-6H2,1H3,(H2,14,15,16,17,18). The van der Waals surface area contributed by atoms with E-state index in [1.807, 2.05) is 6.92 Å². The largest absolute Gasteiger partial charge is 0.354 e. The Kier molecular flexibility index (Phi) is 5.12.